The zero-order valence-corrected chi connectivity index (χ0v) is 11.4. The molecule has 2 fully saturated rings. The van der Waals surface area contributed by atoms with Crippen LogP contribution in [0.4, 0.5) is 16.2 Å². The summed E-state index contributed by atoms with van der Waals surface area (Å²) in [7, 11) is 0. The molecule has 1 heterocycles. The summed E-state index contributed by atoms with van der Waals surface area (Å²) in [6.45, 7) is 2.07. The van der Waals surface area contributed by atoms with Gasteiger partial charge >= 0.3 is 6.03 Å². The van der Waals surface area contributed by atoms with E-state index in [0.29, 0.717) is 31.7 Å². The average Bonchev–Trinajstić information content (AvgIpc) is 3.10. The minimum absolute atomic E-state index is 0.00659. The first-order chi connectivity index (χ1) is 9.65. The molecule has 0 bridgehead atoms. The number of carbonyl (C=O) groups is 1. The fourth-order valence-electron chi connectivity index (χ4n) is 2.83. The highest BCUT2D eigenvalue weighted by atomic mass is 16.2. The van der Waals surface area contributed by atoms with Gasteiger partial charge in [0.2, 0.25) is 0 Å². The number of carbonyl (C=O) groups excluding carboxylic acids is 1. The van der Waals surface area contributed by atoms with Crippen molar-refractivity contribution in [3.63, 3.8) is 0 Å². The first-order valence-corrected chi connectivity index (χ1v) is 6.93. The first kappa shape index (κ1) is 12.8. The van der Waals surface area contributed by atoms with Gasteiger partial charge in [-0.1, -0.05) is 12.1 Å². The monoisotopic (exact) mass is 270 g/mol. The zero-order chi connectivity index (χ0) is 14.2. The van der Waals surface area contributed by atoms with Gasteiger partial charge in [0.25, 0.3) is 0 Å². The standard InChI is InChI=1S/C15H18N4O/c16-8-7-15(5-6-15)11-18-9-10-19(14(18)20)13-4-2-1-3-12(13)17/h1-4H,5-7,9-11,17H2. The highest BCUT2D eigenvalue weighted by molar-refractivity contribution is 5.97. The van der Waals surface area contributed by atoms with E-state index in [4.69, 9.17) is 11.0 Å². The number of amides is 2. The Kier molecular flexibility index (Phi) is 3.01. The van der Waals surface area contributed by atoms with Gasteiger partial charge in [0.15, 0.2) is 0 Å². The molecule has 1 saturated heterocycles. The summed E-state index contributed by atoms with van der Waals surface area (Å²) >= 11 is 0. The molecule has 104 valence electrons. The van der Waals surface area contributed by atoms with Crippen LogP contribution in [0.25, 0.3) is 0 Å². The number of para-hydroxylation sites is 2. The molecule has 2 N–H and O–H groups in total. The lowest BCUT2D eigenvalue weighted by Crippen LogP contribution is -2.35. The van der Waals surface area contributed by atoms with E-state index in [0.717, 1.165) is 18.5 Å². The van der Waals surface area contributed by atoms with Crippen LogP contribution in [0.5, 0.6) is 0 Å². The smallest absolute Gasteiger partial charge is 0.324 e. The fourth-order valence-corrected chi connectivity index (χ4v) is 2.83. The van der Waals surface area contributed by atoms with Gasteiger partial charge in [0.1, 0.15) is 0 Å². The molecule has 1 aliphatic carbocycles. The number of nitriles is 1. The van der Waals surface area contributed by atoms with Crippen LogP contribution in [0.15, 0.2) is 24.3 Å². The van der Waals surface area contributed by atoms with Crippen LogP contribution >= 0.6 is 0 Å². The number of anilines is 2. The number of nitrogens with two attached hydrogens (primary N) is 1. The second kappa shape index (κ2) is 4.71. The molecule has 20 heavy (non-hydrogen) atoms. The number of nitrogen functional groups attached to an aromatic ring is 1. The van der Waals surface area contributed by atoms with E-state index in [1.165, 1.54) is 0 Å². The van der Waals surface area contributed by atoms with Crippen LogP contribution in [0.1, 0.15) is 19.3 Å². The molecule has 0 aromatic heterocycles. The number of hydrogen-bond donors (Lipinski definition) is 1. The number of hydrogen-bond acceptors (Lipinski definition) is 3. The van der Waals surface area contributed by atoms with E-state index in [-0.39, 0.29) is 11.4 Å². The minimum atomic E-state index is 0.00659. The average molecular weight is 270 g/mol. The highest BCUT2D eigenvalue weighted by Crippen LogP contribution is 2.49. The Morgan fingerprint density at radius 1 is 1.30 bits per heavy atom. The van der Waals surface area contributed by atoms with Gasteiger partial charge in [-0.3, -0.25) is 4.90 Å². The molecular formula is C15H18N4O. The Balaban J connectivity index is 1.72. The van der Waals surface area contributed by atoms with Gasteiger partial charge in [0.05, 0.1) is 17.4 Å². The third-order valence-electron chi connectivity index (χ3n) is 4.26. The van der Waals surface area contributed by atoms with Crippen molar-refractivity contribution >= 4 is 17.4 Å². The third-order valence-corrected chi connectivity index (χ3v) is 4.26. The van der Waals surface area contributed by atoms with Gasteiger partial charge in [-0.15, -0.1) is 0 Å². The summed E-state index contributed by atoms with van der Waals surface area (Å²) < 4.78 is 0. The number of nitrogens with zero attached hydrogens (tertiary/aromatic N) is 3. The second-order valence-corrected chi connectivity index (χ2v) is 5.75. The van der Waals surface area contributed by atoms with E-state index in [9.17, 15) is 4.79 Å². The van der Waals surface area contributed by atoms with Crippen molar-refractivity contribution in [2.75, 3.05) is 30.3 Å². The van der Waals surface area contributed by atoms with Crippen molar-refractivity contribution in [3.8, 4) is 6.07 Å². The lowest BCUT2D eigenvalue weighted by Gasteiger charge is -2.23. The van der Waals surface area contributed by atoms with Crippen molar-refractivity contribution in [2.24, 2.45) is 5.41 Å². The first-order valence-electron chi connectivity index (χ1n) is 6.93. The summed E-state index contributed by atoms with van der Waals surface area (Å²) in [5, 5.41) is 8.87. The lowest BCUT2D eigenvalue weighted by molar-refractivity contribution is 0.208. The van der Waals surface area contributed by atoms with Crippen molar-refractivity contribution in [1.82, 2.24) is 4.90 Å². The van der Waals surface area contributed by atoms with Crippen LogP contribution in [0.3, 0.4) is 0 Å². The molecular weight excluding hydrogens is 252 g/mol. The fraction of sp³-hybridized carbons (Fsp3) is 0.467. The molecule has 0 radical (unpaired) electrons. The third kappa shape index (κ3) is 2.18. The predicted octanol–water partition coefficient (Wildman–Crippen LogP) is 2.20. The Morgan fingerprint density at radius 3 is 2.70 bits per heavy atom. The Hall–Kier alpha value is -2.22. The Labute approximate surface area is 118 Å². The summed E-state index contributed by atoms with van der Waals surface area (Å²) in [5.41, 5.74) is 7.41. The molecule has 2 amide bonds. The summed E-state index contributed by atoms with van der Waals surface area (Å²) in [4.78, 5) is 16.1. The molecule has 2 aliphatic rings. The maximum Gasteiger partial charge on any atom is 0.324 e. The van der Waals surface area contributed by atoms with Crippen molar-refractivity contribution in [1.29, 1.82) is 5.26 Å². The SMILES string of the molecule is N#CCC1(CN2CCN(c3ccccc3N)C2=O)CC1. The van der Waals surface area contributed by atoms with Gasteiger partial charge in [0, 0.05) is 31.5 Å². The molecule has 0 atom stereocenters. The van der Waals surface area contributed by atoms with Crippen LogP contribution < -0.4 is 10.6 Å². The Bertz CT molecular complexity index is 573. The molecule has 3 rings (SSSR count). The lowest BCUT2D eigenvalue weighted by atomic mass is 10.0. The quantitative estimate of drug-likeness (QED) is 0.852. The van der Waals surface area contributed by atoms with E-state index >= 15 is 0 Å². The summed E-state index contributed by atoms with van der Waals surface area (Å²) in [6.07, 6.45) is 2.65. The Morgan fingerprint density at radius 2 is 2.05 bits per heavy atom. The van der Waals surface area contributed by atoms with Crippen LogP contribution in [-0.2, 0) is 0 Å². The molecule has 0 unspecified atom stereocenters. The summed E-state index contributed by atoms with van der Waals surface area (Å²) in [6, 6.07) is 9.68. The van der Waals surface area contributed by atoms with E-state index in [1.54, 1.807) is 4.90 Å². The van der Waals surface area contributed by atoms with Crippen molar-refractivity contribution in [2.45, 2.75) is 19.3 Å². The van der Waals surface area contributed by atoms with E-state index in [2.05, 4.69) is 6.07 Å². The van der Waals surface area contributed by atoms with Gasteiger partial charge in [-0.2, -0.15) is 5.26 Å². The second-order valence-electron chi connectivity index (χ2n) is 5.75. The maximum atomic E-state index is 12.5. The molecule has 1 aromatic carbocycles. The van der Waals surface area contributed by atoms with Crippen LogP contribution in [-0.4, -0.2) is 30.6 Å². The molecule has 1 saturated carbocycles. The zero-order valence-electron chi connectivity index (χ0n) is 11.4. The van der Waals surface area contributed by atoms with Crippen molar-refractivity contribution < 1.29 is 4.79 Å². The molecule has 1 aliphatic heterocycles. The number of rotatable bonds is 4. The van der Waals surface area contributed by atoms with Gasteiger partial charge in [-0.25, -0.2) is 4.79 Å². The molecule has 0 spiro atoms. The maximum absolute atomic E-state index is 12.5. The van der Waals surface area contributed by atoms with Gasteiger partial charge < -0.3 is 10.6 Å². The van der Waals surface area contributed by atoms with Crippen molar-refractivity contribution in [3.05, 3.63) is 24.3 Å². The molecule has 5 heteroatoms. The number of urea groups is 1. The molecule has 1 aromatic rings. The normalized spacial score (nSPS) is 20.1. The predicted molar refractivity (Wildman–Crippen MR) is 77.1 cm³/mol. The minimum Gasteiger partial charge on any atom is -0.397 e. The largest absolute Gasteiger partial charge is 0.397 e. The van der Waals surface area contributed by atoms with Gasteiger partial charge in [-0.05, 0) is 25.0 Å². The molecule has 5 nitrogen and oxygen atoms in total. The highest BCUT2D eigenvalue weighted by Gasteiger charge is 2.46. The number of benzene rings is 1. The van der Waals surface area contributed by atoms with E-state index in [1.807, 2.05) is 29.2 Å². The van der Waals surface area contributed by atoms with Crippen LogP contribution in [0, 0.1) is 16.7 Å². The topological polar surface area (TPSA) is 73.4 Å². The van der Waals surface area contributed by atoms with Crippen LogP contribution in [0.2, 0.25) is 0 Å². The van der Waals surface area contributed by atoms with E-state index < -0.39 is 0 Å². The summed E-state index contributed by atoms with van der Waals surface area (Å²) in [5.74, 6) is 0.